The Morgan fingerprint density at radius 3 is 2.47 bits per heavy atom. The van der Waals surface area contributed by atoms with Crippen LogP contribution in [-0.4, -0.2) is 23.4 Å². The van der Waals surface area contributed by atoms with Gasteiger partial charge in [0.15, 0.2) is 0 Å². The molecule has 6 heteroatoms. The van der Waals surface area contributed by atoms with Crippen LogP contribution in [0.5, 0.6) is 0 Å². The summed E-state index contributed by atoms with van der Waals surface area (Å²) < 4.78 is 50.2. The number of thiocarbonyl (C=S) groups is 1. The van der Waals surface area contributed by atoms with Gasteiger partial charge in [-0.1, -0.05) is 24.4 Å². The zero-order valence-corrected chi connectivity index (χ0v) is 8.41. The SMILES string of the molecule is N=C(C=S)C1CC(C(F)(F)F)C=CC1F. The molecule has 1 N–H and O–H groups in total. The van der Waals surface area contributed by atoms with Gasteiger partial charge in [-0.2, -0.15) is 13.2 Å². The van der Waals surface area contributed by atoms with E-state index in [0.29, 0.717) is 0 Å². The molecule has 1 aliphatic carbocycles. The lowest BCUT2D eigenvalue weighted by atomic mass is 9.82. The molecule has 1 rings (SSSR count). The van der Waals surface area contributed by atoms with E-state index in [2.05, 4.69) is 12.2 Å². The first-order chi connectivity index (χ1) is 6.86. The molecule has 0 amide bonds. The second-order valence-electron chi connectivity index (χ2n) is 3.39. The monoisotopic (exact) mass is 239 g/mol. The quantitative estimate of drug-likeness (QED) is 0.340. The number of rotatable bonds is 2. The van der Waals surface area contributed by atoms with E-state index in [4.69, 9.17) is 5.41 Å². The first-order valence-corrected chi connectivity index (χ1v) is 4.76. The Hall–Kier alpha value is -0.780. The van der Waals surface area contributed by atoms with Gasteiger partial charge in [-0.05, 0) is 6.42 Å². The summed E-state index contributed by atoms with van der Waals surface area (Å²) in [6, 6.07) is 0. The number of halogens is 4. The highest BCUT2D eigenvalue weighted by Gasteiger charge is 2.43. The Balaban J connectivity index is 2.83. The van der Waals surface area contributed by atoms with Gasteiger partial charge >= 0.3 is 6.18 Å². The highest BCUT2D eigenvalue weighted by atomic mass is 32.1. The molecule has 0 saturated heterocycles. The fourth-order valence-corrected chi connectivity index (χ4v) is 1.66. The van der Waals surface area contributed by atoms with Crippen molar-refractivity contribution in [2.75, 3.05) is 0 Å². The summed E-state index contributed by atoms with van der Waals surface area (Å²) in [5.74, 6) is -2.75. The summed E-state index contributed by atoms with van der Waals surface area (Å²) in [4.78, 5) is 0. The van der Waals surface area contributed by atoms with E-state index in [1.165, 1.54) is 0 Å². The van der Waals surface area contributed by atoms with Gasteiger partial charge in [0, 0.05) is 17.0 Å². The maximum Gasteiger partial charge on any atom is 0.395 e. The predicted molar refractivity (Wildman–Crippen MR) is 53.1 cm³/mol. The van der Waals surface area contributed by atoms with Gasteiger partial charge in [0.1, 0.15) is 6.17 Å². The van der Waals surface area contributed by atoms with Crippen molar-refractivity contribution in [3.8, 4) is 0 Å². The molecular weight excluding hydrogens is 230 g/mol. The molecule has 15 heavy (non-hydrogen) atoms. The molecule has 0 aromatic carbocycles. The van der Waals surface area contributed by atoms with Gasteiger partial charge in [-0.3, -0.25) is 0 Å². The number of hydrogen-bond donors (Lipinski definition) is 1. The van der Waals surface area contributed by atoms with Gasteiger partial charge in [0.25, 0.3) is 0 Å². The van der Waals surface area contributed by atoms with Crippen LogP contribution in [0, 0.1) is 17.2 Å². The largest absolute Gasteiger partial charge is 0.395 e. The van der Waals surface area contributed by atoms with E-state index in [1.807, 2.05) is 0 Å². The number of allylic oxidation sites excluding steroid dienone is 2. The van der Waals surface area contributed by atoms with Gasteiger partial charge < -0.3 is 5.41 Å². The molecule has 84 valence electrons. The van der Waals surface area contributed by atoms with Crippen LogP contribution in [0.15, 0.2) is 12.2 Å². The standard InChI is InChI=1S/C9H9F4NS/c10-7-2-1-5(9(11,12)13)3-6(7)8(14)4-15/h1-2,4-7,14H,3H2. The molecule has 0 fully saturated rings. The molecule has 0 aliphatic heterocycles. The summed E-state index contributed by atoms with van der Waals surface area (Å²) in [6.45, 7) is 0. The van der Waals surface area contributed by atoms with Crippen molar-refractivity contribution in [1.29, 1.82) is 5.41 Å². The van der Waals surface area contributed by atoms with E-state index >= 15 is 0 Å². The van der Waals surface area contributed by atoms with Gasteiger partial charge in [-0.25, -0.2) is 4.39 Å². The van der Waals surface area contributed by atoms with Crippen molar-refractivity contribution in [2.45, 2.75) is 18.8 Å². The average molecular weight is 239 g/mol. The molecule has 0 radical (unpaired) electrons. The molecule has 0 heterocycles. The maximum absolute atomic E-state index is 13.2. The highest BCUT2D eigenvalue weighted by molar-refractivity contribution is 7.80. The molecule has 1 aliphatic rings. The van der Waals surface area contributed by atoms with Crippen molar-refractivity contribution >= 4 is 23.3 Å². The molecule has 0 aromatic heterocycles. The minimum absolute atomic E-state index is 0.254. The number of nitrogens with one attached hydrogen (secondary N) is 1. The second-order valence-corrected chi connectivity index (χ2v) is 3.63. The summed E-state index contributed by atoms with van der Waals surface area (Å²) in [5.41, 5.74) is -0.254. The lowest BCUT2D eigenvalue weighted by molar-refractivity contribution is -0.166. The predicted octanol–water partition coefficient (Wildman–Crippen LogP) is 3.10. The minimum atomic E-state index is -4.38. The van der Waals surface area contributed by atoms with Crippen molar-refractivity contribution in [3.05, 3.63) is 12.2 Å². The van der Waals surface area contributed by atoms with E-state index in [-0.39, 0.29) is 5.71 Å². The van der Waals surface area contributed by atoms with Crippen LogP contribution in [0.2, 0.25) is 0 Å². The topological polar surface area (TPSA) is 23.9 Å². The van der Waals surface area contributed by atoms with Gasteiger partial charge in [-0.15, -0.1) is 0 Å². The Morgan fingerprint density at radius 2 is 2.00 bits per heavy atom. The molecule has 0 bridgehead atoms. The fourth-order valence-electron chi connectivity index (χ4n) is 1.49. The fraction of sp³-hybridized carbons (Fsp3) is 0.556. The van der Waals surface area contributed by atoms with Crippen LogP contribution in [0.4, 0.5) is 17.6 Å². The number of alkyl halides is 4. The molecule has 3 atom stereocenters. The molecule has 0 aromatic rings. The first-order valence-electron chi connectivity index (χ1n) is 4.29. The first kappa shape index (κ1) is 12.3. The molecule has 0 saturated carbocycles. The lowest BCUT2D eigenvalue weighted by Crippen LogP contribution is -2.34. The summed E-state index contributed by atoms with van der Waals surface area (Å²) in [7, 11) is 0. The van der Waals surface area contributed by atoms with Crippen LogP contribution in [0.25, 0.3) is 0 Å². The lowest BCUT2D eigenvalue weighted by Gasteiger charge is -2.28. The van der Waals surface area contributed by atoms with Crippen molar-refractivity contribution in [3.63, 3.8) is 0 Å². The van der Waals surface area contributed by atoms with Crippen molar-refractivity contribution < 1.29 is 17.6 Å². The maximum atomic E-state index is 13.2. The Kier molecular flexibility index (Phi) is 3.59. The zero-order chi connectivity index (χ0) is 11.6. The number of hydrogen-bond acceptors (Lipinski definition) is 2. The third-order valence-corrected chi connectivity index (χ3v) is 2.62. The van der Waals surface area contributed by atoms with Crippen molar-refractivity contribution in [1.82, 2.24) is 0 Å². The van der Waals surface area contributed by atoms with Crippen molar-refractivity contribution in [2.24, 2.45) is 11.8 Å². The molecular formula is C9H9F4NS. The van der Waals surface area contributed by atoms with E-state index in [1.54, 1.807) is 0 Å². The smallest absolute Gasteiger partial charge is 0.304 e. The third kappa shape index (κ3) is 2.84. The molecule has 0 spiro atoms. The zero-order valence-electron chi connectivity index (χ0n) is 7.59. The van der Waals surface area contributed by atoms with Crippen LogP contribution in [0.3, 0.4) is 0 Å². The minimum Gasteiger partial charge on any atom is -0.304 e. The Morgan fingerprint density at radius 1 is 1.40 bits per heavy atom. The molecule has 3 unspecified atom stereocenters. The van der Waals surface area contributed by atoms with E-state index in [0.717, 1.165) is 17.5 Å². The van der Waals surface area contributed by atoms with Gasteiger partial charge in [0.05, 0.1) is 5.92 Å². The van der Waals surface area contributed by atoms with E-state index in [9.17, 15) is 17.6 Å². The second kappa shape index (κ2) is 4.38. The van der Waals surface area contributed by atoms with Crippen LogP contribution < -0.4 is 0 Å². The summed E-state index contributed by atoms with van der Waals surface area (Å²) >= 11 is 4.42. The Bertz CT molecular complexity index is 297. The third-order valence-electron chi connectivity index (χ3n) is 2.37. The summed E-state index contributed by atoms with van der Waals surface area (Å²) in [6.07, 6.45) is -4.68. The molecule has 1 nitrogen and oxygen atoms in total. The van der Waals surface area contributed by atoms with E-state index < -0.39 is 30.6 Å². The normalized spacial score (nSPS) is 31.3. The highest BCUT2D eigenvalue weighted by Crippen LogP contribution is 2.37. The summed E-state index contributed by atoms with van der Waals surface area (Å²) in [5, 5.41) is 8.18. The van der Waals surface area contributed by atoms with Crippen LogP contribution >= 0.6 is 12.2 Å². The van der Waals surface area contributed by atoms with Crippen LogP contribution in [0.1, 0.15) is 6.42 Å². The van der Waals surface area contributed by atoms with Crippen LogP contribution in [-0.2, 0) is 0 Å². The van der Waals surface area contributed by atoms with Gasteiger partial charge in [0.2, 0.25) is 0 Å². The average Bonchev–Trinajstić information content (AvgIpc) is 2.15. The Labute approximate surface area is 89.7 Å².